The minimum Gasteiger partial charge on any atom is -0.0882 e. The third-order valence-electron chi connectivity index (χ3n) is 1.70. The molecular formula is C8H13. The molecule has 1 fully saturated rings. The first-order chi connectivity index (χ1) is 3.93. The fourth-order valence-electron chi connectivity index (χ4n) is 1.13. The number of allylic oxidation sites excluding steroid dienone is 2. The van der Waals surface area contributed by atoms with Crippen LogP contribution in [0.3, 0.4) is 0 Å². The summed E-state index contributed by atoms with van der Waals surface area (Å²) in [6.45, 7) is 2.12. The van der Waals surface area contributed by atoms with Crippen molar-refractivity contribution in [1.82, 2.24) is 0 Å². The Morgan fingerprint density at radius 2 is 2.38 bits per heavy atom. The van der Waals surface area contributed by atoms with Crippen LogP contribution >= 0.6 is 0 Å². The largest absolute Gasteiger partial charge is 0.0882 e. The third-order valence-corrected chi connectivity index (χ3v) is 1.70. The van der Waals surface area contributed by atoms with Crippen LogP contribution in [-0.2, 0) is 0 Å². The molecule has 1 rings (SSSR count). The molecule has 0 aromatic carbocycles. The fraction of sp³-hybridized carbons (Fsp3) is 0.625. The van der Waals surface area contributed by atoms with Gasteiger partial charge in [0, 0.05) is 0 Å². The maximum Gasteiger partial charge on any atom is -0.0138 e. The highest BCUT2D eigenvalue weighted by Gasteiger charge is 2.02. The molecule has 1 saturated carbocycles. The molecule has 0 saturated heterocycles. The fourth-order valence-corrected chi connectivity index (χ4v) is 1.13. The van der Waals surface area contributed by atoms with E-state index >= 15 is 0 Å². The Balaban J connectivity index is 2.33. The zero-order valence-electron chi connectivity index (χ0n) is 5.48. The molecular weight excluding hydrogens is 96.1 g/mol. The molecule has 1 aliphatic rings. The summed E-state index contributed by atoms with van der Waals surface area (Å²) in [6.07, 6.45) is 9.99. The molecule has 1 aliphatic carbocycles. The van der Waals surface area contributed by atoms with Gasteiger partial charge >= 0.3 is 0 Å². The lowest BCUT2D eigenvalue weighted by molar-refractivity contribution is 0.673. The van der Waals surface area contributed by atoms with Gasteiger partial charge in [-0.2, -0.15) is 0 Å². The summed E-state index contributed by atoms with van der Waals surface area (Å²) in [4.78, 5) is 0. The van der Waals surface area contributed by atoms with Gasteiger partial charge in [-0.05, 0) is 32.6 Å². The highest BCUT2D eigenvalue weighted by atomic mass is 14.1. The Hall–Kier alpha value is -0.260. The van der Waals surface area contributed by atoms with Crippen molar-refractivity contribution in [3.05, 3.63) is 18.1 Å². The third kappa shape index (κ3) is 1.36. The van der Waals surface area contributed by atoms with Gasteiger partial charge < -0.3 is 0 Å². The SMILES string of the molecule is CC=C1[CH]CCCC1. The molecule has 0 atom stereocenters. The second kappa shape index (κ2) is 2.91. The minimum absolute atomic E-state index is 1.31. The van der Waals surface area contributed by atoms with E-state index in [1.54, 1.807) is 5.57 Å². The van der Waals surface area contributed by atoms with E-state index in [0.29, 0.717) is 0 Å². The van der Waals surface area contributed by atoms with Crippen molar-refractivity contribution < 1.29 is 0 Å². The first kappa shape index (κ1) is 5.87. The maximum absolute atomic E-state index is 2.35. The Labute approximate surface area is 51.6 Å². The van der Waals surface area contributed by atoms with E-state index < -0.39 is 0 Å². The molecule has 45 valence electrons. The van der Waals surface area contributed by atoms with Crippen molar-refractivity contribution in [1.29, 1.82) is 0 Å². The van der Waals surface area contributed by atoms with Crippen LogP contribution in [0.15, 0.2) is 11.6 Å². The van der Waals surface area contributed by atoms with Gasteiger partial charge in [-0.25, -0.2) is 0 Å². The van der Waals surface area contributed by atoms with Crippen molar-refractivity contribution in [3.8, 4) is 0 Å². The predicted molar refractivity (Wildman–Crippen MR) is 36.5 cm³/mol. The van der Waals surface area contributed by atoms with Crippen molar-refractivity contribution in [3.63, 3.8) is 0 Å². The zero-order valence-corrected chi connectivity index (χ0v) is 5.48. The summed E-state index contributed by atoms with van der Waals surface area (Å²) in [5, 5.41) is 0. The molecule has 8 heavy (non-hydrogen) atoms. The van der Waals surface area contributed by atoms with Gasteiger partial charge in [0.05, 0.1) is 0 Å². The quantitative estimate of drug-likeness (QED) is 0.448. The lowest BCUT2D eigenvalue weighted by atomic mass is 9.95. The number of rotatable bonds is 0. The first-order valence-electron chi connectivity index (χ1n) is 3.42. The van der Waals surface area contributed by atoms with Gasteiger partial charge in [-0.3, -0.25) is 0 Å². The van der Waals surface area contributed by atoms with E-state index in [0.717, 1.165) is 0 Å². The van der Waals surface area contributed by atoms with E-state index in [-0.39, 0.29) is 0 Å². The molecule has 1 radical (unpaired) electrons. The van der Waals surface area contributed by atoms with Crippen LogP contribution in [0.1, 0.15) is 32.6 Å². The Bertz CT molecular complexity index is 82.2. The summed E-state index contributed by atoms with van der Waals surface area (Å²) < 4.78 is 0. The van der Waals surface area contributed by atoms with Crippen LogP contribution in [0.4, 0.5) is 0 Å². The molecule has 0 spiro atoms. The van der Waals surface area contributed by atoms with E-state index in [1.165, 1.54) is 25.7 Å². The van der Waals surface area contributed by atoms with Crippen LogP contribution in [0.5, 0.6) is 0 Å². The maximum atomic E-state index is 2.35. The van der Waals surface area contributed by atoms with E-state index in [1.807, 2.05) is 0 Å². The van der Waals surface area contributed by atoms with Crippen molar-refractivity contribution in [2.24, 2.45) is 0 Å². The number of hydrogen-bond donors (Lipinski definition) is 0. The van der Waals surface area contributed by atoms with Gasteiger partial charge in [-0.1, -0.05) is 18.1 Å². The van der Waals surface area contributed by atoms with Gasteiger partial charge in [0.2, 0.25) is 0 Å². The van der Waals surface area contributed by atoms with Gasteiger partial charge in [-0.15, -0.1) is 0 Å². The average molecular weight is 109 g/mol. The topological polar surface area (TPSA) is 0 Å². The van der Waals surface area contributed by atoms with E-state index in [2.05, 4.69) is 19.4 Å². The Morgan fingerprint density at radius 3 is 2.75 bits per heavy atom. The molecule has 0 heteroatoms. The van der Waals surface area contributed by atoms with Crippen LogP contribution in [0.25, 0.3) is 0 Å². The molecule has 0 aromatic heterocycles. The molecule has 0 amide bonds. The molecule has 0 heterocycles. The molecule has 0 aromatic rings. The van der Waals surface area contributed by atoms with E-state index in [4.69, 9.17) is 0 Å². The smallest absolute Gasteiger partial charge is 0.0138 e. The van der Waals surface area contributed by atoms with E-state index in [9.17, 15) is 0 Å². The summed E-state index contributed by atoms with van der Waals surface area (Å²) in [7, 11) is 0. The van der Waals surface area contributed by atoms with Crippen molar-refractivity contribution in [2.75, 3.05) is 0 Å². The standard InChI is InChI=1S/C8H13/c1-2-8-6-4-3-5-7-8/h2,6H,3-5,7H2,1H3. The minimum atomic E-state index is 1.31. The molecule has 0 unspecified atom stereocenters. The predicted octanol–water partition coefficient (Wildman–Crippen LogP) is 2.71. The highest BCUT2D eigenvalue weighted by Crippen LogP contribution is 2.20. The highest BCUT2D eigenvalue weighted by molar-refractivity contribution is 5.13. The van der Waals surface area contributed by atoms with Gasteiger partial charge in [0.1, 0.15) is 0 Å². The lowest BCUT2D eigenvalue weighted by Gasteiger charge is -2.11. The summed E-state index contributed by atoms with van der Waals surface area (Å²) >= 11 is 0. The second-order valence-corrected chi connectivity index (χ2v) is 2.31. The van der Waals surface area contributed by atoms with Gasteiger partial charge in [0.15, 0.2) is 0 Å². The molecule has 0 aliphatic heterocycles. The molecule has 0 N–H and O–H groups in total. The summed E-state index contributed by atoms with van der Waals surface area (Å²) in [5.41, 5.74) is 1.55. The van der Waals surface area contributed by atoms with Crippen LogP contribution < -0.4 is 0 Å². The summed E-state index contributed by atoms with van der Waals surface area (Å²) in [5.74, 6) is 0. The van der Waals surface area contributed by atoms with Gasteiger partial charge in [0.25, 0.3) is 0 Å². The van der Waals surface area contributed by atoms with Crippen molar-refractivity contribution in [2.45, 2.75) is 32.6 Å². The normalized spacial score (nSPS) is 26.4. The van der Waals surface area contributed by atoms with Crippen molar-refractivity contribution >= 4 is 0 Å². The van der Waals surface area contributed by atoms with Crippen LogP contribution in [0.2, 0.25) is 0 Å². The Morgan fingerprint density at radius 1 is 1.50 bits per heavy atom. The first-order valence-corrected chi connectivity index (χ1v) is 3.42. The summed E-state index contributed by atoms with van der Waals surface area (Å²) in [6, 6.07) is 0. The van der Waals surface area contributed by atoms with Crippen LogP contribution in [-0.4, -0.2) is 0 Å². The second-order valence-electron chi connectivity index (χ2n) is 2.31. The lowest BCUT2D eigenvalue weighted by Crippen LogP contribution is -1.92. The zero-order chi connectivity index (χ0) is 5.82. The molecule has 0 nitrogen and oxygen atoms in total. The monoisotopic (exact) mass is 109 g/mol. The molecule has 0 bridgehead atoms. The average Bonchev–Trinajstić information content (AvgIpc) is 1.90. The Kier molecular flexibility index (Phi) is 2.13. The van der Waals surface area contributed by atoms with Crippen LogP contribution in [0, 0.1) is 6.42 Å². The number of hydrogen-bond acceptors (Lipinski definition) is 0.